The molecule has 0 saturated heterocycles. The largest absolute Gasteiger partial charge is 0.309 e. The fourth-order valence-corrected chi connectivity index (χ4v) is 8.79. The minimum absolute atomic E-state index is 0.129. The minimum Gasteiger partial charge on any atom is -0.309 e. The first-order valence-corrected chi connectivity index (χ1v) is 18.5. The molecule has 55 heavy (non-hydrogen) atoms. The summed E-state index contributed by atoms with van der Waals surface area (Å²) in [6.07, 6.45) is 0. The molecule has 10 aromatic rings. The van der Waals surface area contributed by atoms with Gasteiger partial charge in [0.15, 0.2) is 17.5 Å². The maximum absolute atomic E-state index is 6.52. The van der Waals surface area contributed by atoms with E-state index in [0.29, 0.717) is 17.2 Å². The van der Waals surface area contributed by atoms with E-state index < -0.39 is 0 Å². The second kappa shape index (κ2) is 13.0. The highest BCUT2D eigenvalue weighted by Gasteiger charge is 2.21. The molecule has 0 spiro atoms. The number of benzene rings is 7. The number of nitrogens with zero attached hydrogens (tertiary/aromatic N) is 4. The highest BCUT2D eigenvalue weighted by Crippen LogP contribution is 2.42. The second-order valence-electron chi connectivity index (χ2n) is 13.5. The Hall–Kier alpha value is -6.11. The molecule has 244 valence electrons. The molecule has 0 saturated carbocycles. The van der Waals surface area contributed by atoms with Crippen LogP contribution in [0.5, 0.6) is 0 Å². The summed E-state index contributed by atoms with van der Waals surface area (Å²) in [5.41, 5.74) is 8.46. The Bertz CT molecular complexity index is 3130. The minimum atomic E-state index is 0.129. The number of hydrogen-bond donors (Lipinski definition) is 0. The van der Waals surface area contributed by atoms with Gasteiger partial charge in [-0.1, -0.05) is 108 Å². The van der Waals surface area contributed by atoms with Gasteiger partial charge in [0, 0.05) is 53.3 Å². The van der Waals surface area contributed by atoms with Gasteiger partial charge in [0.05, 0.1) is 11.0 Å². The van der Waals surface area contributed by atoms with Crippen LogP contribution in [-0.2, 0) is 0 Å². The molecule has 0 unspecified atom stereocenters. The highest BCUT2D eigenvalue weighted by molar-refractivity contribution is 7.26. The van der Waals surface area contributed by atoms with Gasteiger partial charge in [0.2, 0.25) is 0 Å². The van der Waals surface area contributed by atoms with Crippen LogP contribution in [0.3, 0.4) is 0 Å². The van der Waals surface area contributed by atoms with E-state index in [9.17, 15) is 0 Å². The van der Waals surface area contributed by atoms with Gasteiger partial charge in [-0.25, -0.2) is 15.0 Å². The molecule has 10 heteroatoms. The second-order valence-corrected chi connectivity index (χ2v) is 14.6. The molecule has 0 atom stereocenters. The van der Waals surface area contributed by atoms with Crippen molar-refractivity contribution in [2.45, 2.75) is 0 Å². The quantitative estimate of drug-likeness (QED) is 0.207. The summed E-state index contributed by atoms with van der Waals surface area (Å²) in [6.45, 7) is 0. The van der Waals surface area contributed by atoms with Crippen LogP contribution in [-0.4, -0.2) is 58.8 Å². The molecule has 0 aliphatic rings. The van der Waals surface area contributed by atoms with Gasteiger partial charge in [-0.05, 0) is 53.6 Å². The normalized spacial score (nSPS) is 11.6. The van der Waals surface area contributed by atoms with Crippen molar-refractivity contribution in [1.29, 1.82) is 0 Å². The lowest BCUT2D eigenvalue weighted by Gasteiger charge is -2.20. The van der Waals surface area contributed by atoms with E-state index in [2.05, 4.69) is 95.6 Å². The number of para-hydroxylation sites is 2. The van der Waals surface area contributed by atoms with Gasteiger partial charge in [-0.3, -0.25) is 0 Å². The topological polar surface area (TPSA) is 43.6 Å². The average molecular weight is 706 g/mol. The van der Waals surface area contributed by atoms with Gasteiger partial charge in [-0.2, -0.15) is 0 Å². The Labute approximate surface area is 328 Å². The van der Waals surface area contributed by atoms with Crippen LogP contribution in [0.25, 0.3) is 93.0 Å². The lowest BCUT2D eigenvalue weighted by Crippen LogP contribution is -2.55. The van der Waals surface area contributed by atoms with Gasteiger partial charge in [0.25, 0.3) is 0 Å². The van der Waals surface area contributed by atoms with Crippen molar-refractivity contribution in [2.75, 3.05) is 0 Å². The summed E-state index contributed by atoms with van der Waals surface area (Å²) in [7, 11) is 31.7. The number of rotatable bonds is 5. The van der Waals surface area contributed by atoms with Crippen molar-refractivity contribution >= 4 is 120 Å². The molecule has 0 amide bonds. The van der Waals surface area contributed by atoms with Gasteiger partial charge in [-0.15, -0.1) is 27.7 Å². The third kappa shape index (κ3) is 5.38. The molecule has 0 aliphatic heterocycles. The maximum atomic E-state index is 6.52. The first-order valence-electron chi connectivity index (χ1n) is 17.7. The standard InChI is InChI=1S/C45H23B5N4S/c46-38-37(39(47)41(49)42(50)40(38)48)45-52-43(24-10-3-1-4-11-24)51-44(53-45)30-15-9-17-34-36(30)29-20-18-26(23-35(29)55-34)25-19-21-33-31(22-25)28-14-7-8-16-32(28)54(33)27-12-5-2-6-13-27/h1-23H. The Morgan fingerprint density at radius 1 is 0.418 bits per heavy atom. The van der Waals surface area contributed by atoms with Crippen LogP contribution < -0.4 is 27.3 Å². The van der Waals surface area contributed by atoms with E-state index in [1.54, 1.807) is 11.3 Å². The molecule has 3 heterocycles. The molecule has 0 fully saturated rings. The predicted molar refractivity (Wildman–Crippen MR) is 236 cm³/mol. The smallest absolute Gasteiger partial charge is 0.164 e. The molecular weight excluding hydrogens is 683 g/mol. The van der Waals surface area contributed by atoms with Crippen LogP contribution in [0.4, 0.5) is 0 Å². The van der Waals surface area contributed by atoms with Crippen LogP contribution in [0.1, 0.15) is 0 Å². The Kier molecular flexibility index (Phi) is 7.93. The SMILES string of the molecule is [B]c1c([B])c([B])c(-c2nc(-c3ccccc3)nc(-c3cccc4sc5cc(-c6ccc7c(c6)c6ccccc6n7-c6ccccc6)ccc5c34)n2)c([B])c1[B]. The predicted octanol–water partition coefficient (Wildman–Crippen LogP) is 5.97. The van der Waals surface area contributed by atoms with Gasteiger partial charge in [0.1, 0.15) is 39.2 Å². The molecule has 0 bridgehead atoms. The molecule has 10 radical (unpaired) electrons. The first-order chi connectivity index (χ1) is 26.9. The van der Waals surface area contributed by atoms with E-state index in [0.717, 1.165) is 48.1 Å². The summed E-state index contributed by atoms with van der Waals surface area (Å²) >= 11 is 1.74. The molecule has 0 aliphatic carbocycles. The fourth-order valence-electron chi connectivity index (χ4n) is 7.61. The highest BCUT2D eigenvalue weighted by atomic mass is 32.1. The molecule has 0 N–H and O–H groups in total. The van der Waals surface area contributed by atoms with Crippen molar-refractivity contribution in [3.8, 4) is 51.0 Å². The van der Waals surface area contributed by atoms with Crippen LogP contribution in [0.2, 0.25) is 0 Å². The van der Waals surface area contributed by atoms with Crippen LogP contribution in [0.15, 0.2) is 140 Å². The Morgan fingerprint density at radius 2 is 1.04 bits per heavy atom. The van der Waals surface area contributed by atoms with Gasteiger partial charge < -0.3 is 4.57 Å². The van der Waals surface area contributed by atoms with Crippen molar-refractivity contribution in [1.82, 2.24) is 19.5 Å². The zero-order valence-corrected chi connectivity index (χ0v) is 30.2. The third-order valence-corrected chi connectivity index (χ3v) is 11.5. The molecular formula is C45H23B5N4S. The molecule has 10 rings (SSSR count). The zero-order valence-electron chi connectivity index (χ0n) is 29.4. The zero-order chi connectivity index (χ0) is 37.4. The molecule has 7 aromatic carbocycles. The maximum Gasteiger partial charge on any atom is 0.164 e. The van der Waals surface area contributed by atoms with Crippen molar-refractivity contribution in [2.24, 2.45) is 0 Å². The summed E-state index contributed by atoms with van der Waals surface area (Å²) in [4.78, 5) is 14.8. The number of aromatic nitrogens is 4. The van der Waals surface area contributed by atoms with E-state index in [1.165, 1.54) is 21.8 Å². The third-order valence-electron chi connectivity index (χ3n) is 10.3. The van der Waals surface area contributed by atoms with Crippen molar-refractivity contribution < 1.29 is 0 Å². The van der Waals surface area contributed by atoms with Crippen molar-refractivity contribution in [3.63, 3.8) is 0 Å². The number of hydrogen-bond acceptors (Lipinski definition) is 4. The monoisotopic (exact) mass is 706 g/mol. The van der Waals surface area contributed by atoms with E-state index in [1.807, 2.05) is 48.5 Å². The summed E-state index contributed by atoms with van der Waals surface area (Å²) in [5, 5.41) is 4.57. The van der Waals surface area contributed by atoms with Crippen LogP contribution in [0, 0.1) is 0 Å². The lowest BCUT2D eigenvalue weighted by atomic mass is 9.60. The average Bonchev–Trinajstić information content (AvgIpc) is 3.78. The van der Waals surface area contributed by atoms with Gasteiger partial charge >= 0.3 is 0 Å². The molecule has 4 nitrogen and oxygen atoms in total. The number of fused-ring (bicyclic) bond motifs is 6. The summed E-state index contributed by atoms with van der Waals surface area (Å²) in [6, 6.07) is 48.4. The number of thiophene rings is 1. The van der Waals surface area contributed by atoms with Crippen LogP contribution >= 0.6 is 11.3 Å². The summed E-state index contributed by atoms with van der Waals surface area (Å²) < 4.78 is 4.59. The summed E-state index contributed by atoms with van der Waals surface area (Å²) in [5.74, 6) is 1.17. The fraction of sp³-hybridized carbons (Fsp3) is 0. The van der Waals surface area contributed by atoms with Crippen molar-refractivity contribution in [3.05, 3.63) is 140 Å². The molecule has 3 aromatic heterocycles. The lowest BCUT2D eigenvalue weighted by molar-refractivity contribution is 1.08. The Balaban J connectivity index is 1.14. The van der Waals surface area contributed by atoms with E-state index in [4.69, 9.17) is 54.2 Å². The Morgan fingerprint density at radius 3 is 1.82 bits per heavy atom. The van der Waals surface area contributed by atoms with E-state index >= 15 is 0 Å². The van der Waals surface area contributed by atoms with E-state index in [-0.39, 0.29) is 33.1 Å². The first kappa shape index (κ1) is 33.5.